The zero-order valence-corrected chi connectivity index (χ0v) is 11.7. The lowest BCUT2D eigenvalue weighted by Gasteiger charge is -2.27. The quantitative estimate of drug-likeness (QED) is 0.846. The molecule has 0 spiro atoms. The van der Waals surface area contributed by atoms with Crippen molar-refractivity contribution in [3.63, 3.8) is 0 Å². The van der Waals surface area contributed by atoms with Crippen molar-refractivity contribution >= 4 is 17.7 Å². The molecule has 0 aliphatic heterocycles. The van der Waals surface area contributed by atoms with Gasteiger partial charge in [-0.1, -0.05) is 0 Å². The van der Waals surface area contributed by atoms with Crippen LogP contribution >= 0.6 is 0 Å². The molecule has 7 nitrogen and oxygen atoms in total. The fraction of sp³-hybridized carbons (Fsp3) is 0.583. The first-order valence-corrected chi connectivity index (χ1v) is 6.14. The monoisotopic (exact) mass is 268 g/mol. The van der Waals surface area contributed by atoms with E-state index in [1.54, 1.807) is 31.8 Å². The Bertz CT molecular complexity index is 470. The van der Waals surface area contributed by atoms with Crippen LogP contribution in [-0.4, -0.2) is 44.4 Å². The Morgan fingerprint density at radius 3 is 2.63 bits per heavy atom. The van der Waals surface area contributed by atoms with Crippen LogP contribution in [0.4, 0.5) is 10.5 Å². The zero-order valence-electron chi connectivity index (χ0n) is 11.7. The summed E-state index contributed by atoms with van der Waals surface area (Å²) in [6, 6.07) is -0.674. The van der Waals surface area contributed by atoms with E-state index in [9.17, 15) is 9.59 Å². The molecule has 0 aliphatic carbocycles. The number of nitrogens with one attached hydrogen (secondary N) is 1. The van der Waals surface area contributed by atoms with Crippen LogP contribution in [0, 0.1) is 6.92 Å². The number of carboxylic acid groups (broad SMARTS) is 1. The Balaban J connectivity index is 2.74. The summed E-state index contributed by atoms with van der Waals surface area (Å²) >= 11 is 0. The molecule has 106 valence electrons. The smallest absolute Gasteiger partial charge is 0.322 e. The van der Waals surface area contributed by atoms with Crippen molar-refractivity contribution in [2.24, 2.45) is 7.05 Å². The number of urea groups is 1. The number of carbonyl (C=O) groups excluding carboxylic acids is 1. The lowest BCUT2D eigenvalue weighted by Crippen LogP contribution is -2.42. The van der Waals surface area contributed by atoms with Crippen molar-refractivity contribution in [2.45, 2.75) is 33.2 Å². The van der Waals surface area contributed by atoms with E-state index in [0.717, 1.165) is 5.69 Å². The van der Waals surface area contributed by atoms with Crippen molar-refractivity contribution in [1.82, 2.24) is 14.7 Å². The summed E-state index contributed by atoms with van der Waals surface area (Å²) in [5, 5.41) is 15.7. The Kier molecular flexibility index (Phi) is 4.91. The summed E-state index contributed by atoms with van der Waals surface area (Å²) in [5.41, 5.74) is 1.35. The van der Waals surface area contributed by atoms with Gasteiger partial charge in [0.2, 0.25) is 0 Å². The Morgan fingerprint density at radius 2 is 2.21 bits per heavy atom. The molecule has 1 unspecified atom stereocenters. The topological polar surface area (TPSA) is 87.5 Å². The average Bonchev–Trinajstić information content (AvgIpc) is 2.57. The maximum Gasteiger partial charge on any atom is 0.322 e. The van der Waals surface area contributed by atoms with Gasteiger partial charge in [0.1, 0.15) is 0 Å². The van der Waals surface area contributed by atoms with Crippen LogP contribution in [0.2, 0.25) is 0 Å². The van der Waals surface area contributed by atoms with Crippen molar-refractivity contribution < 1.29 is 14.7 Å². The van der Waals surface area contributed by atoms with Crippen LogP contribution in [0.5, 0.6) is 0 Å². The molecule has 2 N–H and O–H groups in total. The molecule has 0 aliphatic rings. The predicted molar refractivity (Wildman–Crippen MR) is 71.1 cm³/mol. The van der Waals surface area contributed by atoms with E-state index in [4.69, 9.17) is 5.11 Å². The third-order valence-electron chi connectivity index (χ3n) is 2.86. The first-order valence-electron chi connectivity index (χ1n) is 6.14. The van der Waals surface area contributed by atoms with Crippen molar-refractivity contribution in [3.8, 4) is 0 Å². The van der Waals surface area contributed by atoms with Gasteiger partial charge >= 0.3 is 12.0 Å². The maximum absolute atomic E-state index is 12.1. The van der Waals surface area contributed by atoms with Gasteiger partial charge < -0.3 is 15.3 Å². The first-order chi connectivity index (χ1) is 8.85. The minimum absolute atomic E-state index is 0.0761. The van der Waals surface area contributed by atoms with Crippen LogP contribution in [0.1, 0.15) is 26.0 Å². The van der Waals surface area contributed by atoms with Gasteiger partial charge in [0.25, 0.3) is 0 Å². The molecule has 2 amide bonds. The van der Waals surface area contributed by atoms with Crippen LogP contribution in [0.3, 0.4) is 0 Å². The molecule has 7 heteroatoms. The molecule has 0 aromatic carbocycles. The molecule has 0 saturated carbocycles. The molecule has 1 aromatic heterocycles. The molecular formula is C12H20N4O3. The standard InChI is InChI=1S/C12H20N4O3/c1-5-16(8(2)6-11(17)18)12(19)13-10-7-15(4)14-9(10)3/h7-8H,5-6H2,1-4H3,(H,13,19)(H,17,18). The fourth-order valence-corrected chi connectivity index (χ4v) is 1.93. The largest absolute Gasteiger partial charge is 0.481 e. The molecule has 1 heterocycles. The van der Waals surface area contributed by atoms with E-state index < -0.39 is 5.97 Å². The third kappa shape index (κ3) is 3.97. The lowest BCUT2D eigenvalue weighted by molar-refractivity contribution is -0.137. The molecule has 0 saturated heterocycles. The average molecular weight is 268 g/mol. The van der Waals surface area contributed by atoms with E-state index >= 15 is 0 Å². The number of hydrogen-bond donors (Lipinski definition) is 2. The molecular weight excluding hydrogens is 248 g/mol. The van der Waals surface area contributed by atoms with E-state index in [2.05, 4.69) is 10.4 Å². The second-order valence-electron chi connectivity index (χ2n) is 4.46. The minimum atomic E-state index is -0.920. The number of carboxylic acids is 1. The second kappa shape index (κ2) is 6.21. The molecule has 0 radical (unpaired) electrons. The number of hydrogen-bond acceptors (Lipinski definition) is 3. The lowest BCUT2D eigenvalue weighted by atomic mass is 10.2. The van der Waals surface area contributed by atoms with Gasteiger partial charge in [-0.3, -0.25) is 9.48 Å². The minimum Gasteiger partial charge on any atom is -0.481 e. The third-order valence-corrected chi connectivity index (χ3v) is 2.86. The zero-order chi connectivity index (χ0) is 14.6. The normalized spacial score (nSPS) is 12.0. The van der Waals surface area contributed by atoms with E-state index in [1.165, 1.54) is 4.90 Å². The van der Waals surface area contributed by atoms with Crippen molar-refractivity contribution in [3.05, 3.63) is 11.9 Å². The summed E-state index contributed by atoms with van der Waals surface area (Å²) in [6.45, 7) is 5.77. The van der Waals surface area contributed by atoms with Crippen LogP contribution < -0.4 is 5.32 Å². The maximum atomic E-state index is 12.1. The summed E-state index contributed by atoms with van der Waals surface area (Å²) in [4.78, 5) is 24.3. The van der Waals surface area contributed by atoms with Gasteiger partial charge in [-0.2, -0.15) is 5.10 Å². The first kappa shape index (κ1) is 15.0. The van der Waals surface area contributed by atoms with Crippen LogP contribution in [-0.2, 0) is 11.8 Å². The van der Waals surface area contributed by atoms with Crippen LogP contribution in [0.15, 0.2) is 6.20 Å². The van der Waals surface area contributed by atoms with Gasteiger partial charge in [0.05, 0.1) is 17.8 Å². The number of amides is 2. The Morgan fingerprint density at radius 1 is 1.58 bits per heavy atom. The number of aryl methyl sites for hydroxylation is 2. The summed E-state index contributed by atoms with van der Waals surface area (Å²) in [7, 11) is 1.77. The highest BCUT2D eigenvalue weighted by atomic mass is 16.4. The Labute approximate surface area is 112 Å². The summed E-state index contributed by atoms with van der Waals surface area (Å²) in [5.74, 6) is -0.920. The molecule has 1 rings (SSSR count). The molecule has 19 heavy (non-hydrogen) atoms. The van der Waals surface area contributed by atoms with Crippen LogP contribution in [0.25, 0.3) is 0 Å². The number of anilines is 1. The SMILES string of the molecule is CCN(C(=O)Nc1cn(C)nc1C)C(C)CC(=O)O. The van der Waals surface area contributed by atoms with Gasteiger partial charge in [0, 0.05) is 25.8 Å². The van der Waals surface area contributed by atoms with Gasteiger partial charge in [-0.25, -0.2) is 4.79 Å². The highest BCUT2D eigenvalue weighted by Gasteiger charge is 2.21. The molecule has 1 atom stereocenters. The van der Waals surface area contributed by atoms with E-state index in [-0.39, 0.29) is 18.5 Å². The number of nitrogens with zero attached hydrogens (tertiary/aromatic N) is 3. The second-order valence-corrected chi connectivity index (χ2v) is 4.46. The summed E-state index contributed by atoms with van der Waals surface area (Å²) < 4.78 is 1.61. The summed E-state index contributed by atoms with van der Waals surface area (Å²) in [6.07, 6.45) is 1.64. The Hall–Kier alpha value is -2.05. The van der Waals surface area contributed by atoms with Crippen molar-refractivity contribution in [1.29, 1.82) is 0 Å². The van der Waals surface area contributed by atoms with E-state index in [0.29, 0.717) is 12.2 Å². The molecule has 0 bridgehead atoms. The fourth-order valence-electron chi connectivity index (χ4n) is 1.93. The molecule has 0 fully saturated rings. The highest BCUT2D eigenvalue weighted by molar-refractivity contribution is 5.90. The van der Waals surface area contributed by atoms with E-state index in [1.807, 2.05) is 6.92 Å². The number of aliphatic carboxylic acids is 1. The number of aromatic nitrogens is 2. The number of carbonyl (C=O) groups is 2. The van der Waals surface area contributed by atoms with Gasteiger partial charge in [-0.05, 0) is 20.8 Å². The predicted octanol–water partition coefficient (Wildman–Crippen LogP) is 1.45. The highest BCUT2D eigenvalue weighted by Crippen LogP contribution is 2.14. The van der Waals surface area contributed by atoms with Gasteiger partial charge in [0.15, 0.2) is 0 Å². The number of rotatable bonds is 5. The van der Waals surface area contributed by atoms with Gasteiger partial charge in [-0.15, -0.1) is 0 Å². The van der Waals surface area contributed by atoms with Crippen molar-refractivity contribution in [2.75, 3.05) is 11.9 Å². The molecule has 1 aromatic rings.